The predicted molar refractivity (Wildman–Crippen MR) is 108 cm³/mol. The molecular weight excluding hydrogens is 390 g/mol. The number of nitrogens with one attached hydrogen (secondary N) is 2. The molecule has 0 aliphatic heterocycles. The molecule has 0 bridgehead atoms. The molecule has 1 aromatic heterocycles. The zero-order chi connectivity index (χ0) is 21.3. The molecule has 0 spiro atoms. The van der Waals surface area contributed by atoms with Crippen LogP contribution in [0.1, 0.15) is 20.7 Å². The number of hydrazine groups is 1. The summed E-state index contributed by atoms with van der Waals surface area (Å²) >= 11 is 0. The topological polar surface area (TPSA) is 132 Å². The number of hydrogen-bond acceptors (Lipinski definition) is 6. The highest BCUT2D eigenvalue weighted by Gasteiger charge is 2.16. The number of non-ortho nitro benzene ring substituents is 1. The lowest BCUT2D eigenvalue weighted by Gasteiger charge is -2.08. The summed E-state index contributed by atoms with van der Waals surface area (Å²) in [5.74, 6) is -1.55. The van der Waals surface area contributed by atoms with E-state index in [1.165, 1.54) is 30.3 Å². The second-order valence-electron chi connectivity index (χ2n) is 6.36. The second kappa shape index (κ2) is 7.47. The Hall–Kier alpha value is -4.53. The van der Waals surface area contributed by atoms with E-state index in [4.69, 9.17) is 4.42 Å². The van der Waals surface area contributed by atoms with Gasteiger partial charge < -0.3 is 4.42 Å². The molecule has 4 rings (SSSR count). The highest BCUT2D eigenvalue weighted by molar-refractivity contribution is 6.08. The van der Waals surface area contributed by atoms with Crippen LogP contribution >= 0.6 is 0 Å². The van der Waals surface area contributed by atoms with E-state index in [2.05, 4.69) is 10.9 Å². The predicted octanol–water partition coefficient (Wildman–Crippen LogP) is 2.93. The number of carbonyl (C=O) groups excluding carboxylic acids is 2. The van der Waals surface area contributed by atoms with Crippen LogP contribution in [0, 0.1) is 10.1 Å². The second-order valence-corrected chi connectivity index (χ2v) is 6.36. The van der Waals surface area contributed by atoms with E-state index in [9.17, 15) is 24.5 Å². The molecule has 9 nitrogen and oxygen atoms in total. The Bertz CT molecular complexity index is 1380. The molecule has 30 heavy (non-hydrogen) atoms. The first-order chi connectivity index (χ1) is 14.4. The third-order valence-electron chi connectivity index (χ3n) is 4.52. The largest absolute Gasteiger partial charge is 0.422 e. The monoisotopic (exact) mass is 403 g/mol. The molecule has 0 saturated carbocycles. The maximum Gasteiger partial charge on any atom is 0.349 e. The average Bonchev–Trinajstić information content (AvgIpc) is 2.76. The van der Waals surface area contributed by atoms with Gasteiger partial charge in [-0.2, -0.15) is 0 Å². The summed E-state index contributed by atoms with van der Waals surface area (Å²) in [4.78, 5) is 46.9. The van der Waals surface area contributed by atoms with Crippen molar-refractivity contribution < 1.29 is 18.9 Å². The lowest BCUT2D eigenvalue weighted by molar-refractivity contribution is -0.384. The number of nitrogens with zero attached hydrogens (tertiary/aromatic N) is 1. The molecule has 0 unspecified atom stereocenters. The quantitative estimate of drug-likeness (QED) is 0.234. The molecule has 0 radical (unpaired) electrons. The van der Waals surface area contributed by atoms with Crippen molar-refractivity contribution in [3.63, 3.8) is 0 Å². The lowest BCUT2D eigenvalue weighted by atomic mass is 10.0. The highest BCUT2D eigenvalue weighted by Crippen LogP contribution is 2.24. The number of rotatable bonds is 3. The smallest absolute Gasteiger partial charge is 0.349 e. The molecule has 3 aromatic carbocycles. The van der Waals surface area contributed by atoms with Crippen LogP contribution < -0.4 is 16.5 Å². The van der Waals surface area contributed by atoms with Gasteiger partial charge in [-0.15, -0.1) is 0 Å². The third kappa shape index (κ3) is 3.47. The fourth-order valence-corrected chi connectivity index (χ4v) is 3.02. The van der Waals surface area contributed by atoms with E-state index < -0.39 is 22.4 Å². The Morgan fingerprint density at radius 3 is 2.30 bits per heavy atom. The molecule has 0 aliphatic rings. The van der Waals surface area contributed by atoms with Crippen molar-refractivity contribution in [3.05, 3.63) is 98.4 Å². The highest BCUT2D eigenvalue weighted by atomic mass is 16.6. The molecule has 2 amide bonds. The van der Waals surface area contributed by atoms with Gasteiger partial charge in [-0.25, -0.2) is 4.79 Å². The first-order valence-electron chi connectivity index (χ1n) is 8.75. The van der Waals surface area contributed by atoms with Crippen LogP contribution in [-0.4, -0.2) is 16.7 Å². The Balaban J connectivity index is 1.57. The molecule has 9 heteroatoms. The van der Waals surface area contributed by atoms with Gasteiger partial charge in [-0.3, -0.25) is 30.6 Å². The van der Waals surface area contributed by atoms with Crippen LogP contribution in [0.2, 0.25) is 0 Å². The van der Waals surface area contributed by atoms with Gasteiger partial charge in [0.1, 0.15) is 11.1 Å². The van der Waals surface area contributed by atoms with Crippen molar-refractivity contribution in [2.24, 2.45) is 0 Å². The minimum absolute atomic E-state index is 0.0949. The Morgan fingerprint density at radius 2 is 1.57 bits per heavy atom. The SMILES string of the molecule is O=C(NNC(=O)c1cc2c(ccc3ccccc32)oc1=O)c1ccc([N+](=O)[O-])cc1. The number of fused-ring (bicyclic) bond motifs is 3. The van der Waals surface area contributed by atoms with Crippen LogP contribution in [0.5, 0.6) is 0 Å². The van der Waals surface area contributed by atoms with E-state index in [1.807, 2.05) is 30.3 Å². The first-order valence-corrected chi connectivity index (χ1v) is 8.75. The van der Waals surface area contributed by atoms with E-state index in [1.54, 1.807) is 6.07 Å². The Morgan fingerprint density at radius 1 is 0.867 bits per heavy atom. The van der Waals surface area contributed by atoms with Crippen molar-refractivity contribution >= 4 is 39.2 Å². The van der Waals surface area contributed by atoms with Crippen molar-refractivity contribution in [2.75, 3.05) is 0 Å². The molecule has 0 saturated heterocycles. The fraction of sp³-hybridized carbons (Fsp3) is 0. The fourth-order valence-electron chi connectivity index (χ4n) is 3.02. The summed E-state index contributed by atoms with van der Waals surface area (Å²) in [6, 6.07) is 17.1. The molecule has 4 aromatic rings. The van der Waals surface area contributed by atoms with Crippen molar-refractivity contribution in [1.29, 1.82) is 0 Å². The molecular formula is C21H13N3O6. The van der Waals surface area contributed by atoms with Gasteiger partial charge in [0.05, 0.1) is 4.92 Å². The number of amides is 2. The normalized spacial score (nSPS) is 10.7. The van der Waals surface area contributed by atoms with Crippen LogP contribution in [0.15, 0.2) is 75.9 Å². The Labute approximate surface area is 168 Å². The third-order valence-corrected chi connectivity index (χ3v) is 4.52. The van der Waals surface area contributed by atoms with Gasteiger partial charge in [-0.05, 0) is 35.0 Å². The maximum absolute atomic E-state index is 12.4. The van der Waals surface area contributed by atoms with Crippen molar-refractivity contribution in [1.82, 2.24) is 10.9 Å². The molecule has 0 fully saturated rings. The summed E-state index contributed by atoms with van der Waals surface area (Å²) < 4.78 is 5.26. The first kappa shape index (κ1) is 18.8. The van der Waals surface area contributed by atoms with E-state index in [0.29, 0.717) is 11.0 Å². The number of nitro groups is 1. The number of nitro benzene ring substituents is 1. The molecule has 1 heterocycles. The van der Waals surface area contributed by atoms with Crippen LogP contribution in [0.3, 0.4) is 0 Å². The number of carbonyl (C=O) groups is 2. The summed E-state index contributed by atoms with van der Waals surface area (Å²) in [5.41, 5.74) is 3.47. The van der Waals surface area contributed by atoms with E-state index >= 15 is 0 Å². The van der Waals surface area contributed by atoms with Crippen molar-refractivity contribution in [2.45, 2.75) is 0 Å². The van der Waals surface area contributed by atoms with Gasteiger partial charge in [0.15, 0.2) is 0 Å². The molecule has 0 atom stereocenters. The van der Waals surface area contributed by atoms with Gasteiger partial charge in [-0.1, -0.05) is 30.3 Å². The van der Waals surface area contributed by atoms with Gasteiger partial charge in [0.25, 0.3) is 17.5 Å². The minimum atomic E-state index is -0.853. The van der Waals surface area contributed by atoms with E-state index in [-0.39, 0.29) is 16.8 Å². The van der Waals surface area contributed by atoms with Crippen LogP contribution in [0.25, 0.3) is 21.7 Å². The maximum atomic E-state index is 12.4. The molecule has 2 N–H and O–H groups in total. The standard InChI is InChI=1S/C21H13N3O6/c25-19(13-5-8-14(9-6-13)24(28)29)22-23-20(26)17-11-16-15-4-2-1-3-12(15)7-10-18(16)30-21(17)27/h1-11H,(H,22,25)(H,23,26). The number of hydrogen-bond donors (Lipinski definition) is 2. The molecule has 148 valence electrons. The Kier molecular flexibility index (Phi) is 4.69. The van der Waals surface area contributed by atoms with Gasteiger partial charge in [0, 0.05) is 23.1 Å². The zero-order valence-electron chi connectivity index (χ0n) is 15.2. The summed E-state index contributed by atoms with van der Waals surface area (Å²) in [5, 5.41) is 13.0. The number of benzene rings is 3. The lowest BCUT2D eigenvalue weighted by Crippen LogP contribution is -2.43. The summed E-state index contributed by atoms with van der Waals surface area (Å²) in [6.45, 7) is 0. The van der Waals surface area contributed by atoms with Crippen LogP contribution in [0.4, 0.5) is 5.69 Å². The van der Waals surface area contributed by atoms with E-state index in [0.717, 1.165) is 10.8 Å². The minimum Gasteiger partial charge on any atom is -0.422 e. The summed E-state index contributed by atoms with van der Waals surface area (Å²) in [6.07, 6.45) is 0. The van der Waals surface area contributed by atoms with Gasteiger partial charge in [0.2, 0.25) is 0 Å². The zero-order valence-corrected chi connectivity index (χ0v) is 15.2. The molecule has 0 aliphatic carbocycles. The summed E-state index contributed by atoms with van der Waals surface area (Å²) in [7, 11) is 0. The average molecular weight is 403 g/mol. The van der Waals surface area contributed by atoms with Crippen molar-refractivity contribution in [3.8, 4) is 0 Å². The van der Waals surface area contributed by atoms with Gasteiger partial charge >= 0.3 is 5.63 Å². The van der Waals surface area contributed by atoms with Crippen LogP contribution in [-0.2, 0) is 0 Å².